The zero-order chi connectivity index (χ0) is 10.9. The molecular weight excluding hydrogens is 207 g/mol. The van der Waals surface area contributed by atoms with Crippen molar-refractivity contribution in [1.29, 1.82) is 0 Å². The Kier molecular flexibility index (Phi) is 2.70. The maximum atomic E-state index is 13.2. The maximum Gasteiger partial charge on any atom is 0.123 e. The molecule has 0 unspecified atom stereocenters. The second kappa shape index (κ2) is 3.86. The first-order valence-electron chi connectivity index (χ1n) is 4.96. The predicted molar refractivity (Wildman–Crippen MR) is 64.7 cm³/mol. The molecule has 0 aliphatic heterocycles. The molecule has 78 valence electrons. The Bertz CT molecular complexity index is 420. The minimum Gasteiger partial charge on any atom is -0.207 e. The number of rotatable bonds is 1. The smallest absolute Gasteiger partial charge is 0.123 e. The fraction of sp³-hybridized carbons (Fsp3) is 0.231. The fourth-order valence-electron chi connectivity index (χ4n) is 1.83. The van der Waals surface area contributed by atoms with Gasteiger partial charge in [0.05, 0.1) is 4.75 Å². The molecule has 2 heteroatoms. The van der Waals surface area contributed by atoms with Crippen molar-refractivity contribution in [2.24, 2.45) is 0 Å². The summed E-state index contributed by atoms with van der Waals surface area (Å²) < 4.78 is 12.7. The third kappa shape index (κ3) is 2.00. The second-order valence-corrected chi connectivity index (χ2v) is 4.57. The molecule has 0 nitrogen and oxygen atoms in total. The highest BCUT2D eigenvalue weighted by Crippen LogP contribution is 2.36. The summed E-state index contributed by atoms with van der Waals surface area (Å²) in [5.74, 6) is -0.212. The van der Waals surface area contributed by atoms with Crippen LogP contribution in [0.5, 0.6) is 0 Å². The largest absolute Gasteiger partial charge is 0.207 e. The van der Waals surface area contributed by atoms with Gasteiger partial charge < -0.3 is 0 Å². The van der Waals surface area contributed by atoms with E-state index in [1.807, 2.05) is 19.1 Å². The number of aryl methyl sites for hydroxylation is 1. The molecule has 1 aliphatic carbocycles. The van der Waals surface area contributed by atoms with E-state index >= 15 is 0 Å². The number of thiol groups is 1. The van der Waals surface area contributed by atoms with Gasteiger partial charge in [0.1, 0.15) is 5.82 Å². The molecule has 0 atom stereocenters. The van der Waals surface area contributed by atoms with Crippen LogP contribution in [-0.4, -0.2) is 0 Å². The van der Waals surface area contributed by atoms with Crippen molar-refractivity contribution in [3.63, 3.8) is 0 Å². The van der Waals surface area contributed by atoms with Crippen molar-refractivity contribution in [3.8, 4) is 0 Å². The average Bonchev–Trinajstić information content (AvgIpc) is 2.23. The van der Waals surface area contributed by atoms with E-state index in [1.165, 1.54) is 6.07 Å². The zero-order valence-electron chi connectivity index (χ0n) is 8.57. The molecule has 0 bridgehead atoms. The van der Waals surface area contributed by atoms with Crippen LogP contribution in [0.1, 0.15) is 17.5 Å². The third-order valence-corrected chi connectivity index (χ3v) is 3.19. The number of halogens is 1. The lowest BCUT2D eigenvalue weighted by Gasteiger charge is -2.25. The maximum absolute atomic E-state index is 13.2. The third-order valence-electron chi connectivity index (χ3n) is 2.65. The van der Waals surface area contributed by atoms with E-state index in [-0.39, 0.29) is 5.82 Å². The van der Waals surface area contributed by atoms with E-state index in [9.17, 15) is 4.39 Å². The lowest BCUT2D eigenvalue weighted by atomic mass is 9.90. The Morgan fingerprint density at radius 1 is 1.27 bits per heavy atom. The van der Waals surface area contributed by atoms with Gasteiger partial charge in [-0.15, -0.1) is 0 Å². The summed E-state index contributed by atoms with van der Waals surface area (Å²) in [6, 6.07) is 4.83. The van der Waals surface area contributed by atoms with E-state index in [0.29, 0.717) is 0 Å². The summed E-state index contributed by atoms with van der Waals surface area (Å²) >= 11 is 4.62. The molecular formula is C13H13FS. The van der Waals surface area contributed by atoms with Crippen molar-refractivity contribution in [1.82, 2.24) is 0 Å². The van der Waals surface area contributed by atoms with Crippen molar-refractivity contribution in [3.05, 3.63) is 59.4 Å². The van der Waals surface area contributed by atoms with Gasteiger partial charge in [-0.2, -0.15) is 12.6 Å². The molecule has 0 radical (unpaired) electrons. The first-order chi connectivity index (χ1) is 7.12. The van der Waals surface area contributed by atoms with Gasteiger partial charge in [-0.1, -0.05) is 30.4 Å². The van der Waals surface area contributed by atoms with Crippen LogP contribution < -0.4 is 0 Å². The molecule has 2 rings (SSSR count). The summed E-state index contributed by atoms with van der Waals surface area (Å²) in [6.45, 7) is 1.98. The molecule has 0 aromatic heterocycles. The Labute approximate surface area is 94.9 Å². The van der Waals surface area contributed by atoms with Crippen LogP contribution >= 0.6 is 12.6 Å². The van der Waals surface area contributed by atoms with E-state index in [0.717, 1.165) is 17.5 Å². The molecule has 0 heterocycles. The highest BCUT2D eigenvalue weighted by atomic mass is 32.1. The molecule has 1 aromatic rings. The van der Waals surface area contributed by atoms with Crippen molar-refractivity contribution in [2.75, 3.05) is 0 Å². The Morgan fingerprint density at radius 2 is 1.93 bits per heavy atom. The van der Waals surface area contributed by atoms with Crippen LogP contribution in [0, 0.1) is 12.7 Å². The lowest BCUT2D eigenvalue weighted by molar-refractivity contribution is 0.623. The average molecular weight is 220 g/mol. The van der Waals surface area contributed by atoms with Gasteiger partial charge in [0, 0.05) is 0 Å². The second-order valence-electron chi connectivity index (χ2n) is 3.83. The molecule has 0 N–H and O–H groups in total. The van der Waals surface area contributed by atoms with Crippen LogP contribution in [0.25, 0.3) is 0 Å². The summed E-state index contributed by atoms with van der Waals surface area (Å²) in [4.78, 5) is 0. The highest BCUT2D eigenvalue weighted by molar-refractivity contribution is 7.81. The van der Waals surface area contributed by atoms with Gasteiger partial charge >= 0.3 is 0 Å². The predicted octanol–water partition coefficient (Wildman–Crippen LogP) is 3.78. The van der Waals surface area contributed by atoms with E-state index in [1.54, 1.807) is 12.1 Å². The van der Waals surface area contributed by atoms with Crippen molar-refractivity contribution in [2.45, 2.75) is 18.1 Å². The molecule has 0 amide bonds. The molecule has 1 aliphatic rings. The summed E-state index contributed by atoms with van der Waals surface area (Å²) in [5, 5.41) is 0. The Morgan fingerprint density at radius 3 is 2.60 bits per heavy atom. The van der Waals surface area contributed by atoms with Crippen LogP contribution in [0.15, 0.2) is 42.5 Å². The van der Waals surface area contributed by atoms with Gasteiger partial charge in [0.25, 0.3) is 0 Å². The first kappa shape index (κ1) is 10.5. The monoisotopic (exact) mass is 220 g/mol. The number of hydrogen-bond donors (Lipinski definition) is 1. The summed E-state index contributed by atoms with van der Waals surface area (Å²) in [7, 11) is 0. The molecule has 1 aromatic carbocycles. The standard InChI is InChI=1S/C13H13FS/c1-10-5-6-11(14)9-12(10)13(15)7-3-2-4-8-13/h3-9,15H,2H2,1H3. The van der Waals surface area contributed by atoms with Crippen LogP contribution in [0.2, 0.25) is 0 Å². The van der Waals surface area contributed by atoms with Crippen molar-refractivity contribution >= 4 is 12.6 Å². The van der Waals surface area contributed by atoms with Gasteiger partial charge in [0.15, 0.2) is 0 Å². The highest BCUT2D eigenvalue weighted by Gasteiger charge is 2.24. The van der Waals surface area contributed by atoms with Gasteiger partial charge in [-0.05, 0) is 36.6 Å². The van der Waals surface area contributed by atoms with E-state index in [2.05, 4.69) is 24.8 Å². The van der Waals surface area contributed by atoms with E-state index in [4.69, 9.17) is 0 Å². The van der Waals surface area contributed by atoms with Crippen LogP contribution in [0.3, 0.4) is 0 Å². The molecule has 0 fully saturated rings. The quantitative estimate of drug-likeness (QED) is 0.540. The molecule has 0 saturated heterocycles. The fourth-order valence-corrected chi connectivity index (χ4v) is 2.29. The normalized spacial score (nSPS) is 18.1. The van der Waals surface area contributed by atoms with Crippen molar-refractivity contribution < 1.29 is 4.39 Å². The summed E-state index contributed by atoms with van der Waals surface area (Å²) in [6.07, 6.45) is 9.06. The topological polar surface area (TPSA) is 0 Å². The Balaban J connectivity index is 2.52. The number of hydrogen-bond acceptors (Lipinski definition) is 1. The Hall–Kier alpha value is -1.02. The lowest BCUT2D eigenvalue weighted by Crippen LogP contribution is -2.16. The minimum atomic E-state index is -0.454. The first-order valence-corrected chi connectivity index (χ1v) is 5.41. The molecule has 0 saturated carbocycles. The molecule has 0 spiro atoms. The summed E-state index contributed by atoms with van der Waals surface area (Å²) in [5.41, 5.74) is 1.97. The number of benzene rings is 1. The SMILES string of the molecule is Cc1ccc(F)cc1C1(S)C=CCC=C1. The minimum absolute atomic E-state index is 0.212. The van der Waals surface area contributed by atoms with Gasteiger partial charge in [-0.3, -0.25) is 0 Å². The molecule has 15 heavy (non-hydrogen) atoms. The van der Waals surface area contributed by atoms with Gasteiger partial charge in [0.2, 0.25) is 0 Å². The zero-order valence-corrected chi connectivity index (χ0v) is 9.47. The van der Waals surface area contributed by atoms with Crippen LogP contribution in [0.4, 0.5) is 4.39 Å². The van der Waals surface area contributed by atoms with Crippen LogP contribution in [-0.2, 0) is 4.75 Å². The van der Waals surface area contributed by atoms with Gasteiger partial charge in [-0.25, -0.2) is 4.39 Å². The number of allylic oxidation sites excluding steroid dienone is 2. The van der Waals surface area contributed by atoms with E-state index < -0.39 is 4.75 Å².